The molecule has 1 aromatic carbocycles. The van der Waals surface area contributed by atoms with Crippen molar-refractivity contribution in [2.24, 2.45) is 0 Å². The van der Waals surface area contributed by atoms with Crippen LogP contribution in [0.1, 0.15) is 13.8 Å². The number of anilines is 1. The second kappa shape index (κ2) is 5.97. The largest absolute Gasteiger partial charge is 0.394 e. The molecule has 1 rings (SSSR count). The minimum Gasteiger partial charge on any atom is -0.394 e. The summed E-state index contributed by atoms with van der Waals surface area (Å²) in [6.07, 6.45) is 0. The zero-order valence-corrected chi connectivity index (χ0v) is 11.7. The van der Waals surface area contributed by atoms with Crippen molar-refractivity contribution < 1.29 is 14.7 Å². The predicted molar refractivity (Wildman–Crippen MR) is 72.1 cm³/mol. The average Bonchev–Trinajstić information content (AvgIpc) is 2.31. The molecule has 0 aromatic heterocycles. The zero-order valence-electron chi connectivity index (χ0n) is 10.2. The molecule has 0 bridgehead atoms. The number of nitrogens with one attached hydrogen (secondary N) is 2. The van der Waals surface area contributed by atoms with E-state index >= 15 is 0 Å². The molecule has 0 fully saturated rings. The van der Waals surface area contributed by atoms with Crippen LogP contribution in [-0.2, 0) is 9.59 Å². The Kier molecular flexibility index (Phi) is 4.86. The van der Waals surface area contributed by atoms with Gasteiger partial charge in [0.25, 0.3) is 0 Å². The number of carbonyl (C=O) groups excluding carboxylic acids is 2. The molecule has 5 nitrogen and oxygen atoms in total. The first-order chi connectivity index (χ1) is 8.34. The van der Waals surface area contributed by atoms with E-state index in [0.717, 1.165) is 4.47 Å². The molecule has 18 heavy (non-hydrogen) atoms. The van der Waals surface area contributed by atoms with Crippen LogP contribution in [0.4, 0.5) is 5.69 Å². The number of hydrogen-bond donors (Lipinski definition) is 3. The number of aliphatic hydroxyl groups excluding tert-OH is 1. The normalized spacial score (nSPS) is 10.9. The van der Waals surface area contributed by atoms with E-state index in [1.54, 1.807) is 38.1 Å². The molecule has 0 saturated carbocycles. The number of amides is 2. The predicted octanol–water partition coefficient (Wildman–Crippen LogP) is 1.27. The topological polar surface area (TPSA) is 78.4 Å². The smallest absolute Gasteiger partial charge is 0.313 e. The minimum atomic E-state index is -0.825. The summed E-state index contributed by atoms with van der Waals surface area (Å²) in [6.45, 7) is 3.00. The van der Waals surface area contributed by atoms with E-state index in [-0.39, 0.29) is 6.61 Å². The Labute approximate surface area is 114 Å². The lowest BCUT2D eigenvalue weighted by atomic mass is 10.1. The summed E-state index contributed by atoms with van der Waals surface area (Å²) in [5, 5.41) is 13.9. The Morgan fingerprint density at radius 2 is 1.78 bits per heavy atom. The van der Waals surface area contributed by atoms with Gasteiger partial charge < -0.3 is 15.7 Å². The molecule has 0 unspecified atom stereocenters. The molecule has 98 valence electrons. The summed E-state index contributed by atoms with van der Waals surface area (Å²) >= 11 is 3.27. The van der Waals surface area contributed by atoms with Crippen molar-refractivity contribution in [3.05, 3.63) is 28.7 Å². The Balaban J connectivity index is 2.60. The average molecular weight is 315 g/mol. The zero-order chi connectivity index (χ0) is 13.8. The van der Waals surface area contributed by atoms with Crippen molar-refractivity contribution in [2.45, 2.75) is 19.4 Å². The number of halogens is 1. The highest BCUT2D eigenvalue weighted by molar-refractivity contribution is 9.10. The van der Waals surface area contributed by atoms with Crippen LogP contribution < -0.4 is 10.6 Å². The van der Waals surface area contributed by atoms with Crippen molar-refractivity contribution in [1.29, 1.82) is 0 Å². The molecule has 2 amide bonds. The van der Waals surface area contributed by atoms with Crippen LogP contribution in [0.5, 0.6) is 0 Å². The molecule has 0 spiro atoms. The molecule has 1 aromatic rings. The van der Waals surface area contributed by atoms with Gasteiger partial charge in [-0.2, -0.15) is 0 Å². The Morgan fingerprint density at radius 1 is 1.22 bits per heavy atom. The van der Waals surface area contributed by atoms with Gasteiger partial charge in [-0.15, -0.1) is 0 Å². The Morgan fingerprint density at radius 3 is 2.28 bits per heavy atom. The number of rotatable bonds is 3. The van der Waals surface area contributed by atoms with Gasteiger partial charge in [-0.1, -0.05) is 15.9 Å². The molecule has 0 atom stereocenters. The molecule has 0 aliphatic rings. The molecule has 0 radical (unpaired) electrons. The maximum absolute atomic E-state index is 11.6. The third-order valence-electron chi connectivity index (χ3n) is 2.16. The van der Waals surface area contributed by atoms with E-state index in [4.69, 9.17) is 5.11 Å². The molecule has 0 aliphatic heterocycles. The van der Waals surface area contributed by atoms with Crippen LogP contribution in [0.2, 0.25) is 0 Å². The lowest BCUT2D eigenvalue weighted by Crippen LogP contribution is -2.50. The van der Waals surface area contributed by atoms with Crippen LogP contribution in [0, 0.1) is 0 Å². The van der Waals surface area contributed by atoms with E-state index in [2.05, 4.69) is 26.6 Å². The standard InChI is InChI=1S/C12H15BrN2O3/c1-12(2,7-16)15-11(18)10(17)14-9-5-3-8(13)4-6-9/h3-6,16H,7H2,1-2H3,(H,14,17)(H,15,18). The van der Waals surface area contributed by atoms with Crippen LogP contribution in [0.15, 0.2) is 28.7 Å². The minimum absolute atomic E-state index is 0.246. The molecular formula is C12H15BrN2O3. The van der Waals surface area contributed by atoms with Gasteiger partial charge in [0.1, 0.15) is 0 Å². The van der Waals surface area contributed by atoms with Crippen molar-refractivity contribution in [1.82, 2.24) is 5.32 Å². The number of carbonyl (C=O) groups is 2. The highest BCUT2D eigenvalue weighted by Crippen LogP contribution is 2.14. The van der Waals surface area contributed by atoms with Gasteiger partial charge >= 0.3 is 11.8 Å². The maximum atomic E-state index is 11.6. The molecular weight excluding hydrogens is 300 g/mol. The van der Waals surface area contributed by atoms with Crippen LogP contribution >= 0.6 is 15.9 Å². The van der Waals surface area contributed by atoms with Crippen LogP contribution in [-0.4, -0.2) is 29.1 Å². The monoisotopic (exact) mass is 314 g/mol. The molecule has 0 aliphatic carbocycles. The van der Waals surface area contributed by atoms with Gasteiger partial charge in [-0.3, -0.25) is 9.59 Å². The fourth-order valence-corrected chi connectivity index (χ4v) is 1.39. The third-order valence-corrected chi connectivity index (χ3v) is 2.68. The van der Waals surface area contributed by atoms with E-state index in [0.29, 0.717) is 5.69 Å². The molecule has 0 heterocycles. The summed E-state index contributed by atoms with van der Waals surface area (Å²) < 4.78 is 0.881. The van der Waals surface area contributed by atoms with Gasteiger partial charge in [0.05, 0.1) is 12.1 Å². The molecule has 3 N–H and O–H groups in total. The first-order valence-corrected chi connectivity index (χ1v) is 6.13. The fraction of sp³-hybridized carbons (Fsp3) is 0.333. The van der Waals surface area contributed by atoms with E-state index in [1.807, 2.05) is 0 Å². The van der Waals surface area contributed by atoms with Crippen LogP contribution in [0.25, 0.3) is 0 Å². The second-order valence-corrected chi connectivity index (χ2v) is 5.37. The number of hydrogen-bond acceptors (Lipinski definition) is 3. The van der Waals surface area contributed by atoms with Crippen molar-refractivity contribution in [3.63, 3.8) is 0 Å². The summed E-state index contributed by atoms with van der Waals surface area (Å²) in [5.74, 6) is -1.55. The highest BCUT2D eigenvalue weighted by Gasteiger charge is 2.23. The lowest BCUT2D eigenvalue weighted by Gasteiger charge is -2.22. The van der Waals surface area contributed by atoms with Crippen molar-refractivity contribution >= 4 is 33.4 Å². The first-order valence-electron chi connectivity index (χ1n) is 5.34. The Hall–Kier alpha value is -1.40. The van der Waals surface area contributed by atoms with E-state index in [1.165, 1.54) is 0 Å². The van der Waals surface area contributed by atoms with Gasteiger partial charge in [0.15, 0.2) is 0 Å². The van der Waals surface area contributed by atoms with Gasteiger partial charge in [-0.05, 0) is 38.1 Å². The van der Waals surface area contributed by atoms with Gasteiger partial charge in [-0.25, -0.2) is 0 Å². The van der Waals surface area contributed by atoms with Crippen molar-refractivity contribution in [2.75, 3.05) is 11.9 Å². The van der Waals surface area contributed by atoms with Gasteiger partial charge in [0.2, 0.25) is 0 Å². The van der Waals surface area contributed by atoms with Gasteiger partial charge in [0, 0.05) is 10.2 Å². The molecule has 0 saturated heterocycles. The summed E-state index contributed by atoms with van der Waals surface area (Å²) in [7, 11) is 0. The quantitative estimate of drug-likeness (QED) is 0.735. The Bertz CT molecular complexity index is 443. The lowest BCUT2D eigenvalue weighted by molar-refractivity contribution is -0.137. The second-order valence-electron chi connectivity index (χ2n) is 4.46. The number of aliphatic hydroxyl groups is 1. The molecule has 6 heteroatoms. The maximum Gasteiger partial charge on any atom is 0.313 e. The third kappa shape index (κ3) is 4.46. The fourth-order valence-electron chi connectivity index (χ4n) is 1.12. The highest BCUT2D eigenvalue weighted by atomic mass is 79.9. The van der Waals surface area contributed by atoms with E-state index < -0.39 is 17.4 Å². The first kappa shape index (κ1) is 14.7. The van der Waals surface area contributed by atoms with Crippen molar-refractivity contribution in [3.8, 4) is 0 Å². The SMILES string of the molecule is CC(C)(CO)NC(=O)C(=O)Nc1ccc(Br)cc1. The summed E-state index contributed by atoms with van der Waals surface area (Å²) in [6, 6.07) is 6.86. The summed E-state index contributed by atoms with van der Waals surface area (Å²) in [5.41, 5.74) is -0.297. The van der Waals surface area contributed by atoms with E-state index in [9.17, 15) is 9.59 Å². The number of benzene rings is 1. The van der Waals surface area contributed by atoms with Crippen LogP contribution in [0.3, 0.4) is 0 Å². The summed E-state index contributed by atoms with van der Waals surface area (Å²) in [4.78, 5) is 23.1.